The molecule has 0 unspecified atom stereocenters. The number of nitrogens with one attached hydrogen (secondary N) is 2. The van der Waals surface area contributed by atoms with Crippen molar-refractivity contribution in [1.29, 1.82) is 0 Å². The van der Waals surface area contributed by atoms with Gasteiger partial charge >= 0.3 is 0 Å². The van der Waals surface area contributed by atoms with Crippen molar-refractivity contribution in [2.45, 2.75) is 6.54 Å². The van der Waals surface area contributed by atoms with E-state index in [-0.39, 0.29) is 0 Å². The van der Waals surface area contributed by atoms with Gasteiger partial charge < -0.3 is 15.2 Å². The summed E-state index contributed by atoms with van der Waals surface area (Å²) in [6, 6.07) is 20.4. The van der Waals surface area contributed by atoms with Crippen molar-refractivity contribution in [3.63, 3.8) is 0 Å². The Morgan fingerprint density at radius 2 is 1.78 bits per heavy atom. The Bertz CT molecular complexity index is 943. The third-order valence-electron chi connectivity index (χ3n) is 3.88. The van der Waals surface area contributed by atoms with Crippen LogP contribution in [0.5, 0.6) is 0 Å². The second-order valence-electron chi connectivity index (χ2n) is 5.79. The van der Waals surface area contributed by atoms with E-state index in [2.05, 4.69) is 51.4 Å². The molecular formula is C21H22N4S2. The van der Waals surface area contributed by atoms with Crippen LogP contribution in [-0.4, -0.2) is 22.8 Å². The quantitative estimate of drug-likeness (QED) is 0.468. The van der Waals surface area contributed by atoms with Gasteiger partial charge in [-0.2, -0.15) is 0 Å². The lowest BCUT2D eigenvalue weighted by molar-refractivity contribution is 0.660. The molecule has 0 spiro atoms. The zero-order chi connectivity index (χ0) is 18.9. The summed E-state index contributed by atoms with van der Waals surface area (Å²) in [6.07, 6.45) is 1.78. The number of thiocarbonyl (C=S) groups is 1. The number of hydrogen-bond acceptors (Lipinski definition) is 3. The molecule has 2 aromatic carbocycles. The Morgan fingerprint density at radius 1 is 1.07 bits per heavy atom. The molecule has 0 amide bonds. The van der Waals surface area contributed by atoms with Crippen LogP contribution < -0.4 is 15.4 Å². The molecule has 0 bridgehead atoms. The molecule has 3 aromatic rings. The van der Waals surface area contributed by atoms with Crippen molar-refractivity contribution in [1.82, 2.24) is 15.2 Å². The van der Waals surface area contributed by atoms with Crippen LogP contribution in [0.15, 0.2) is 83.7 Å². The summed E-state index contributed by atoms with van der Waals surface area (Å²) in [5.41, 5.74) is 3.28. The molecule has 0 saturated carbocycles. The highest BCUT2D eigenvalue weighted by Crippen LogP contribution is 2.20. The zero-order valence-corrected chi connectivity index (χ0v) is 16.6. The minimum absolute atomic E-state index is 0.633. The maximum Gasteiger partial charge on any atom is 0.190 e. The van der Waals surface area contributed by atoms with Crippen molar-refractivity contribution in [3.8, 4) is 11.3 Å². The summed E-state index contributed by atoms with van der Waals surface area (Å²) in [5.74, 6) is 0. The number of aromatic nitrogens is 1. The molecule has 3 rings (SSSR count). The van der Waals surface area contributed by atoms with Crippen molar-refractivity contribution in [3.05, 3.63) is 83.5 Å². The van der Waals surface area contributed by atoms with Gasteiger partial charge in [0.05, 0.1) is 11.4 Å². The first kappa shape index (κ1) is 19.1. The molecule has 0 atom stereocenters. The highest BCUT2D eigenvalue weighted by atomic mass is 32.1. The second kappa shape index (κ2) is 9.85. The number of benzene rings is 2. The summed E-state index contributed by atoms with van der Waals surface area (Å²) in [4.78, 5) is 5.79. The Kier molecular flexibility index (Phi) is 6.96. The number of thiazole rings is 1. The van der Waals surface area contributed by atoms with Gasteiger partial charge in [0.2, 0.25) is 0 Å². The summed E-state index contributed by atoms with van der Waals surface area (Å²) < 4.78 is 2.23. The van der Waals surface area contributed by atoms with Gasteiger partial charge in [-0.15, -0.1) is 17.9 Å². The van der Waals surface area contributed by atoms with Crippen molar-refractivity contribution >= 4 is 34.4 Å². The Balaban J connectivity index is 1.86. The fourth-order valence-electron chi connectivity index (χ4n) is 2.60. The third kappa shape index (κ3) is 5.39. The van der Waals surface area contributed by atoms with Gasteiger partial charge in [-0.05, 0) is 29.9 Å². The Hall–Kier alpha value is -2.70. The lowest BCUT2D eigenvalue weighted by Crippen LogP contribution is -2.37. The predicted octanol–water partition coefficient (Wildman–Crippen LogP) is 4.10. The normalized spacial score (nSPS) is 11.2. The maximum absolute atomic E-state index is 5.28. The van der Waals surface area contributed by atoms with Crippen LogP contribution in [0, 0.1) is 0 Å². The van der Waals surface area contributed by atoms with Crippen molar-refractivity contribution in [2.24, 2.45) is 4.99 Å². The molecule has 0 fully saturated rings. The van der Waals surface area contributed by atoms with Gasteiger partial charge in [-0.25, -0.2) is 4.99 Å². The van der Waals surface area contributed by atoms with E-state index in [4.69, 9.17) is 17.2 Å². The van der Waals surface area contributed by atoms with E-state index in [1.165, 1.54) is 5.56 Å². The fourth-order valence-corrected chi connectivity index (χ4v) is 3.74. The average Bonchev–Trinajstić information content (AvgIpc) is 3.10. The van der Waals surface area contributed by atoms with Crippen LogP contribution in [-0.2, 0) is 6.54 Å². The second-order valence-corrected chi connectivity index (χ2v) is 7.04. The molecule has 0 aliphatic rings. The maximum atomic E-state index is 5.28. The molecule has 0 saturated heterocycles. The Morgan fingerprint density at radius 3 is 2.48 bits per heavy atom. The van der Waals surface area contributed by atoms with Crippen molar-refractivity contribution < 1.29 is 0 Å². The van der Waals surface area contributed by atoms with Gasteiger partial charge in [-0.3, -0.25) is 0 Å². The summed E-state index contributed by atoms with van der Waals surface area (Å²) in [5, 5.41) is 9.12. The molecule has 138 valence electrons. The van der Waals surface area contributed by atoms with Crippen molar-refractivity contribution in [2.75, 3.05) is 13.1 Å². The van der Waals surface area contributed by atoms with E-state index in [0.717, 1.165) is 22.7 Å². The Labute approximate surface area is 168 Å². The first-order chi connectivity index (χ1) is 13.3. The van der Waals surface area contributed by atoms with E-state index in [9.17, 15) is 0 Å². The number of rotatable bonds is 7. The van der Waals surface area contributed by atoms with E-state index in [1.54, 1.807) is 17.4 Å². The van der Waals surface area contributed by atoms with Crippen LogP contribution in [0.3, 0.4) is 0 Å². The molecule has 0 aliphatic carbocycles. The summed E-state index contributed by atoms with van der Waals surface area (Å²) in [6.45, 7) is 5.81. The number of hydrogen-bond donors (Lipinski definition) is 2. The first-order valence-electron chi connectivity index (χ1n) is 8.74. The lowest BCUT2D eigenvalue weighted by atomic mass is 10.2. The van der Waals surface area contributed by atoms with Crippen LogP contribution in [0.2, 0.25) is 0 Å². The van der Waals surface area contributed by atoms with Gasteiger partial charge in [-0.1, -0.05) is 54.6 Å². The average molecular weight is 395 g/mol. The monoisotopic (exact) mass is 394 g/mol. The molecule has 2 N–H and O–H groups in total. The van der Waals surface area contributed by atoms with Crippen LogP contribution >= 0.6 is 23.6 Å². The fraction of sp³-hybridized carbons (Fsp3) is 0.143. The minimum Gasteiger partial charge on any atom is -0.361 e. The summed E-state index contributed by atoms with van der Waals surface area (Å²) >= 11 is 6.92. The highest BCUT2D eigenvalue weighted by Gasteiger charge is 2.08. The standard InChI is InChI=1S/C21H22N4S2/c1-2-13-22-20(26)23-14-15-25-19(17-9-5-3-6-10-17)16-27-21(25)24-18-11-7-4-8-12-18/h2-12,16H,1,13-15H2,(H2,22,23,26). The number of nitrogens with zero attached hydrogens (tertiary/aromatic N) is 2. The smallest absolute Gasteiger partial charge is 0.190 e. The third-order valence-corrected chi connectivity index (χ3v) is 5.03. The molecule has 27 heavy (non-hydrogen) atoms. The van der Waals surface area contributed by atoms with Gasteiger partial charge in [0.25, 0.3) is 0 Å². The molecular weight excluding hydrogens is 372 g/mol. The van der Waals surface area contributed by atoms with E-state index < -0.39 is 0 Å². The molecule has 1 aromatic heterocycles. The SMILES string of the molecule is C=CCNC(=S)NCCn1c(-c2ccccc2)csc1=Nc1ccccc1. The van der Waals surface area contributed by atoms with Gasteiger partial charge in [0, 0.05) is 25.0 Å². The predicted molar refractivity (Wildman–Crippen MR) is 118 cm³/mol. The molecule has 1 heterocycles. The first-order valence-corrected chi connectivity index (χ1v) is 10.0. The zero-order valence-electron chi connectivity index (χ0n) is 15.0. The summed E-state index contributed by atoms with van der Waals surface area (Å²) in [7, 11) is 0. The molecule has 6 heteroatoms. The van der Waals surface area contributed by atoms with Crippen LogP contribution in [0.4, 0.5) is 5.69 Å². The highest BCUT2D eigenvalue weighted by molar-refractivity contribution is 7.80. The van der Waals surface area contributed by atoms with E-state index in [1.807, 2.05) is 36.4 Å². The van der Waals surface area contributed by atoms with Gasteiger partial charge in [0.1, 0.15) is 0 Å². The minimum atomic E-state index is 0.633. The van der Waals surface area contributed by atoms with E-state index in [0.29, 0.717) is 18.2 Å². The number of para-hydroxylation sites is 1. The lowest BCUT2D eigenvalue weighted by Gasteiger charge is -2.12. The topological polar surface area (TPSA) is 41.3 Å². The van der Waals surface area contributed by atoms with E-state index >= 15 is 0 Å². The molecule has 0 aliphatic heterocycles. The molecule has 4 nitrogen and oxygen atoms in total. The largest absolute Gasteiger partial charge is 0.361 e. The van der Waals surface area contributed by atoms with Crippen LogP contribution in [0.1, 0.15) is 0 Å². The van der Waals surface area contributed by atoms with Gasteiger partial charge in [0.15, 0.2) is 9.91 Å². The molecule has 0 radical (unpaired) electrons. The van der Waals surface area contributed by atoms with Crippen LogP contribution in [0.25, 0.3) is 11.3 Å².